The molecule has 0 amide bonds. The molecule has 0 aliphatic carbocycles. The third kappa shape index (κ3) is 4.63. The summed E-state index contributed by atoms with van der Waals surface area (Å²) in [6, 6.07) is 5.83. The van der Waals surface area contributed by atoms with Crippen LogP contribution < -0.4 is 10.5 Å². The lowest BCUT2D eigenvalue weighted by atomic mass is 10.2. The number of nitrogens with zero attached hydrogens (tertiary/aromatic N) is 1. The molecule has 2 rings (SSSR count). The summed E-state index contributed by atoms with van der Waals surface area (Å²) in [5.74, 6) is 0.762. The number of halogens is 1. The summed E-state index contributed by atoms with van der Waals surface area (Å²) in [5.41, 5.74) is 6.73. The third-order valence-electron chi connectivity index (χ3n) is 3.46. The zero-order chi connectivity index (χ0) is 14.4. The number of aryl methyl sites for hydroxylation is 1. The first kappa shape index (κ1) is 15.6. The van der Waals surface area contributed by atoms with Crippen LogP contribution in [0, 0.1) is 6.92 Å². The van der Waals surface area contributed by atoms with Gasteiger partial charge >= 0.3 is 0 Å². The fourth-order valence-corrected chi connectivity index (χ4v) is 2.52. The topological polar surface area (TPSA) is 47.7 Å². The summed E-state index contributed by atoms with van der Waals surface area (Å²) in [5, 5.41) is 0.665. The van der Waals surface area contributed by atoms with E-state index in [1.807, 2.05) is 25.1 Å². The number of rotatable bonds is 6. The van der Waals surface area contributed by atoms with E-state index in [1.54, 1.807) is 0 Å². The SMILES string of the molecule is Cc1ccc(Cl)c(OCCN2CCOC(CCN)C2)c1. The first-order chi connectivity index (χ1) is 9.69. The molecule has 0 radical (unpaired) electrons. The van der Waals surface area contributed by atoms with E-state index in [1.165, 1.54) is 0 Å². The molecule has 0 saturated carbocycles. The Kier molecular flexibility index (Phi) is 6.10. The highest BCUT2D eigenvalue weighted by atomic mass is 35.5. The number of benzene rings is 1. The van der Waals surface area contributed by atoms with Gasteiger partial charge in [-0.2, -0.15) is 0 Å². The quantitative estimate of drug-likeness (QED) is 0.873. The van der Waals surface area contributed by atoms with E-state index < -0.39 is 0 Å². The van der Waals surface area contributed by atoms with Gasteiger partial charge in [-0.25, -0.2) is 0 Å². The van der Waals surface area contributed by atoms with Crippen molar-refractivity contribution in [2.45, 2.75) is 19.4 Å². The Morgan fingerprint density at radius 1 is 1.50 bits per heavy atom. The van der Waals surface area contributed by atoms with E-state index in [9.17, 15) is 0 Å². The highest BCUT2D eigenvalue weighted by Gasteiger charge is 2.19. The average Bonchev–Trinajstić information content (AvgIpc) is 2.43. The largest absolute Gasteiger partial charge is 0.491 e. The Morgan fingerprint density at radius 3 is 3.15 bits per heavy atom. The summed E-state index contributed by atoms with van der Waals surface area (Å²) >= 11 is 6.11. The van der Waals surface area contributed by atoms with Crippen molar-refractivity contribution in [3.8, 4) is 5.75 Å². The fraction of sp³-hybridized carbons (Fsp3) is 0.600. The molecular formula is C15H23ClN2O2. The zero-order valence-electron chi connectivity index (χ0n) is 12.0. The summed E-state index contributed by atoms with van der Waals surface area (Å²) in [6.45, 7) is 6.88. The molecule has 0 bridgehead atoms. The molecule has 0 spiro atoms. The maximum Gasteiger partial charge on any atom is 0.138 e. The molecule has 4 nitrogen and oxygen atoms in total. The van der Waals surface area contributed by atoms with Gasteiger partial charge in [0, 0.05) is 19.6 Å². The number of ether oxygens (including phenoxy) is 2. The Balaban J connectivity index is 1.76. The predicted molar refractivity (Wildman–Crippen MR) is 81.5 cm³/mol. The van der Waals surface area contributed by atoms with Crippen molar-refractivity contribution >= 4 is 11.6 Å². The van der Waals surface area contributed by atoms with Crippen LogP contribution in [0.2, 0.25) is 5.02 Å². The molecule has 112 valence electrons. The summed E-state index contributed by atoms with van der Waals surface area (Å²) < 4.78 is 11.4. The lowest BCUT2D eigenvalue weighted by Gasteiger charge is -2.32. The first-order valence-electron chi connectivity index (χ1n) is 7.12. The van der Waals surface area contributed by atoms with Crippen LogP contribution in [0.25, 0.3) is 0 Å². The second kappa shape index (κ2) is 7.84. The van der Waals surface area contributed by atoms with Crippen LogP contribution in [0.15, 0.2) is 18.2 Å². The molecule has 1 aromatic carbocycles. The second-order valence-electron chi connectivity index (χ2n) is 5.15. The Labute approximate surface area is 125 Å². The van der Waals surface area contributed by atoms with Gasteiger partial charge in [0.15, 0.2) is 0 Å². The van der Waals surface area contributed by atoms with Crippen molar-refractivity contribution in [2.75, 3.05) is 39.4 Å². The standard InChI is InChI=1S/C15H23ClN2O2/c1-12-2-3-14(16)15(10-12)20-9-7-18-6-8-19-13(11-18)4-5-17/h2-3,10,13H,4-9,11,17H2,1H3. The minimum absolute atomic E-state index is 0.260. The third-order valence-corrected chi connectivity index (χ3v) is 3.78. The van der Waals surface area contributed by atoms with E-state index in [4.69, 9.17) is 26.8 Å². The molecule has 1 aromatic rings. The predicted octanol–water partition coefficient (Wildman–Crippen LogP) is 2.08. The molecule has 1 fully saturated rings. The van der Waals surface area contributed by atoms with Gasteiger partial charge in [-0.05, 0) is 37.6 Å². The van der Waals surface area contributed by atoms with Crippen LogP contribution in [0.1, 0.15) is 12.0 Å². The average molecular weight is 299 g/mol. The molecule has 1 atom stereocenters. The number of morpholine rings is 1. The maximum absolute atomic E-state index is 6.11. The number of hydrogen-bond acceptors (Lipinski definition) is 4. The van der Waals surface area contributed by atoms with Crippen LogP contribution in [0.4, 0.5) is 0 Å². The molecular weight excluding hydrogens is 276 g/mol. The number of nitrogens with two attached hydrogens (primary N) is 1. The van der Waals surface area contributed by atoms with E-state index >= 15 is 0 Å². The van der Waals surface area contributed by atoms with Gasteiger partial charge in [0.2, 0.25) is 0 Å². The molecule has 1 aliphatic rings. The molecule has 1 saturated heterocycles. The Bertz CT molecular complexity index is 426. The normalized spacial score (nSPS) is 20.1. The van der Waals surface area contributed by atoms with Crippen molar-refractivity contribution in [1.82, 2.24) is 4.90 Å². The lowest BCUT2D eigenvalue weighted by molar-refractivity contribution is -0.0334. The van der Waals surface area contributed by atoms with E-state index in [0.717, 1.165) is 44.0 Å². The van der Waals surface area contributed by atoms with Crippen molar-refractivity contribution in [2.24, 2.45) is 5.73 Å². The van der Waals surface area contributed by atoms with Crippen molar-refractivity contribution in [3.05, 3.63) is 28.8 Å². The minimum Gasteiger partial charge on any atom is -0.491 e. The summed E-state index contributed by atoms with van der Waals surface area (Å²) in [6.07, 6.45) is 1.18. The van der Waals surface area contributed by atoms with Crippen LogP contribution in [0.3, 0.4) is 0 Å². The molecule has 1 aliphatic heterocycles. The minimum atomic E-state index is 0.260. The van der Waals surface area contributed by atoms with Crippen LogP contribution >= 0.6 is 11.6 Å². The van der Waals surface area contributed by atoms with Crippen molar-refractivity contribution in [3.63, 3.8) is 0 Å². The lowest BCUT2D eigenvalue weighted by Crippen LogP contribution is -2.44. The monoisotopic (exact) mass is 298 g/mol. The highest BCUT2D eigenvalue weighted by Crippen LogP contribution is 2.25. The molecule has 0 aromatic heterocycles. The van der Waals surface area contributed by atoms with E-state index in [2.05, 4.69) is 4.90 Å². The molecule has 1 heterocycles. The maximum atomic E-state index is 6.11. The van der Waals surface area contributed by atoms with Gasteiger partial charge in [0.05, 0.1) is 17.7 Å². The van der Waals surface area contributed by atoms with Crippen LogP contribution in [-0.2, 0) is 4.74 Å². The van der Waals surface area contributed by atoms with Gasteiger partial charge in [-0.3, -0.25) is 4.90 Å². The van der Waals surface area contributed by atoms with Crippen molar-refractivity contribution < 1.29 is 9.47 Å². The summed E-state index contributed by atoms with van der Waals surface area (Å²) in [7, 11) is 0. The molecule has 5 heteroatoms. The fourth-order valence-electron chi connectivity index (χ4n) is 2.35. The molecule has 1 unspecified atom stereocenters. The van der Waals surface area contributed by atoms with Crippen molar-refractivity contribution in [1.29, 1.82) is 0 Å². The van der Waals surface area contributed by atoms with E-state index in [-0.39, 0.29) is 6.10 Å². The Hall–Kier alpha value is -0.810. The molecule has 20 heavy (non-hydrogen) atoms. The van der Waals surface area contributed by atoms with Crippen LogP contribution in [0.5, 0.6) is 5.75 Å². The first-order valence-corrected chi connectivity index (χ1v) is 7.50. The second-order valence-corrected chi connectivity index (χ2v) is 5.56. The molecule has 2 N–H and O–H groups in total. The number of hydrogen-bond donors (Lipinski definition) is 1. The van der Waals surface area contributed by atoms with Gasteiger partial charge in [0.1, 0.15) is 12.4 Å². The summed E-state index contributed by atoms with van der Waals surface area (Å²) in [4.78, 5) is 2.35. The van der Waals surface area contributed by atoms with E-state index in [0.29, 0.717) is 18.2 Å². The van der Waals surface area contributed by atoms with Gasteiger partial charge in [-0.15, -0.1) is 0 Å². The highest BCUT2D eigenvalue weighted by molar-refractivity contribution is 6.32. The van der Waals surface area contributed by atoms with Gasteiger partial charge in [-0.1, -0.05) is 17.7 Å². The van der Waals surface area contributed by atoms with Gasteiger partial charge in [0.25, 0.3) is 0 Å². The van der Waals surface area contributed by atoms with Gasteiger partial charge < -0.3 is 15.2 Å². The zero-order valence-corrected chi connectivity index (χ0v) is 12.7. The van der Waals surface area contributed by atoms with Crippen LogP contribution in [-0.4, -0.2) is 50.4 Å². The Morgan fingerprint density at radius 2 is 2.35 bits per heavy atom. The smallest absolute Gasteiger partial charge is 0.138 e.